The van der Waals surface area contributed by atoms with Gasteiger partial charge in [-0.05, 0) is 18.2 Å². The van der Waals surface area contributed by atoms with Gasteiger partial charge in [-0.2, -0.15) is 5.26 Å². The van der Waals surface area contributed by atoms with Crippen LogP contribution in [0.4, 0.5) is 4.79 Å². The molecule has 0 saturated carbocycles. The third-order valence-electron chi connectivity index (χ3n) is 4.65. The second-order valence-corrected chi connectivity index (χ2v) is 7.16. The number of halogens is 1. The maximum Gasteiger partial charge on any atom is 0.414 e. The van der Waals surface area contributed by atoms with Crippen molar-refractivity contribution in [3.05, 3.63) is 76.7 Å². The highest BCUT2D eigenvalue weighted by Gasteiger charge is 2.29. The van der Waals surface area contributed by atoms with Crippen LogP contribution in [0.25, 0.3) is 11.1 Å². The molecule has 0 fully saturated rings. The maximum atomic E-state index is 13.0. The van der Waals surface area contributed by atoms with Crippen molar-refractivity contribution >= 4 is 23.6 Å². The van der Waals surface area contributed by atoms with E-state index in [1.165, 1.54) is 37.6 Å². The lowest BCUT2D eigenvalue weighted by atomic mass is 9.98. The number of ether oxygens (including phenoxy) is 2. The zero-order valence-corrected chi connectivity index (χ0v) is 18.4. The number of allylic oxidation sites excluding steroid dienone is 1. The van der Waals surface area contributed by atoms with E-state index >= 15 is 0 Å². The van der Waals surface area contributed by atoms with Crippen LogP contribution in [-0.4, -0.2) is 30.3 Å². The van der Waals surface area contributed by atoms with Gasteiger partial charge in [0.25, 0.3) is 11.5 Å². The standard InChI is InChI=1S/C23H22ClN3O5/c1-5-9-32-23(30)26-22(29)21(14(3)6-2)27-13-19(31-4)18(11-20(27)28)17-10-16(24)8-7-15(17)12-25/h5-8,10-11,13-14,21H,1-2,9H2,3-4H3,(H,26,29,30). The number of nitrogens with one attached hydrogen (secondary N) is 1. The highest BCUT2D eigenvalue weighted by atomic mass is 35.5. The Morgan fingerprint density at radius 2 is 2.03 bits per heavy atom. The van der Waals surface area contributed by atoms with Crippen molar-refractivity contribution in [1.29, 1.82) is 5.26 Å². The SMILES string of the molecule is C=CCOC(=O)NC(=O)C(C(C)C=C)n1cc(OC)c(-c2cc(Cl)ccc2C#N)cc1=O. The molecule has 1 N–H and O–H groups in total. The molecule has 0 spiro atoms. The smallest absolute Gasteiger partial charge is 0.414 e. The fourth-order valence-corrected chi connectivity index (χ4v) is 3.22. The number of amides is 2. The topological polar surface area (TPSA) is 110 Å². The molecular formula is C23H22ClN3O5. The first-order valence-corrected chi connectivity index (χ1v) is 9.86. The predicted octanol–water partition coefficient (Wildman–Crippen LogP) is 3.85. The minimum absolute atomic E-state index is 0.0792. The van der Waals surface area contributed by atoms with Gasteiger partial charge in [-0.25, -0.2) is 4.79 Å². The van der Waals surface area contributed by atoms with Crippen LogP contribution in [0.15, 0.2) is 60.6 Å². The van der Waals surface area contributed by atoms with Gasteiger partial charge in [0.2, 0.25) is 0 Å². The molecule has 32 heavy (non-hydrogen) atoms. The highest BCUT2D eigenvalue weighted by molar-refractivity contribution is 6.31. The lowest BCUT2D eigenvalue weighted by Crippen LogP contribution is -2.42. The van der Waals surface area contributed by atoms with Gasteiger partial charge in [-0.1, -0.05) is 37.3 Å². The second kappa shape index (κ2) is 11.0. The van der Waals surface area contributed by atoms with E-state index in [0.717, 1.165) is 4.57 Å². The summed E-state index contributed by atoms with van der Waals surface area (Å²) in [6.07, 6.45) is 3.22. The van der Waals surface area contributed by atoms with Crippen LogP contribution in [0.5, 0.6) is 5.75 Å². The number of methoxy groups -OCH3 is 1. The summed E-state index contributed by atoms with van der Waals surface area (Å²) in [4.78, 5) is 37.7. The van der Waals surface area contributed by atoms with Gasteiger partial charge in [0.1, 0.15) is 18.4 Å². The lowest BCUT2D eigenvalue weighted by molar-refractivity contribution is -0.124. The molecular weight excluding hydrogens is 434 g/mol. The van der Waals surface area contributed by atoms with E-state index in [-0.39, 0.29) is 12.4 Å². The molecule has 166 valence electrons. The number of carbonyl (C=O) groups excluding carboxylic acids is 2. The van der Waals surface area contributed by atoms with Crippen molar-refractivity contribution in [2.75, 3.05) is 13.7 Å². The quantitative estimate of drug-likeness (QED) is 0.605. The van der Waals surface area contributed by atoms with Crippen LogP contribution < -0.4 is 15.6 Å². The number of rotatable bonds is 8. The van der Waals surface area contributed by atoms with Crippen LogP contribution in [0.1, 0.15) is 18.5 Å². The molecule has 0 aliphatic rings. The molecule has 1 heterocycles. The van der Waals surface area contributed by atoms with Gasteiger partial charge in [0, 0.05) is 28.1 Å². The van der Waals surface area contributed by atoms with Crippen LogP contribution in [-0.2, 0) is 9.53 Å². The number of carbonyl (C=O) groups is 2. The minimum Gasteiger partial charge on any atom is -0.495 e. The van der Waals surface area contributed by atoms with Crippen molar-refractivity contribution in [1.82, 2.24) is 9.88 Å². The van der Waals surface area contributed by atoms with Gasteiger partial charge in [0.15, 0.2) is 0 Å². The molecule has 0 aliphatic carbocycles. The monoisotopic (exact) mass is 455 g/mol. The van der Waals surface area contributed by atoms with Crippen LogP contribution >= 0.6 is 11.6 Å². The molecule has 2 amide bonds. The van der Waals surface area contributed by atoms with E-state index in [2.05, 4.69) is 24.5 Å². The summed E-state index contributed by atoms with van der Waals surface area (Å²) in [6, 6.07) is 6.83. The van der Waals surface area contributed by atoms with Crippen molar-refractivity contribution < 1.29 is 19.1 Å². The third-order valence-corrected chi connectivity index (χ3v) is 4.89. The summed E-state index contributed by atoms with van der Waals surface area (Å²) in [5.41, 5.74) is 0.483. The van der Waals surface area contributed by atoms with Gasteiger partial charge >= 0.3 is 6.09 Å². The van der Waals surface area contributed by atoms with Crippen molar-refractivity contribution in [2.45, 2.75) is 13.0 Å². The van der Waals surface area contributed by atoms with Crippen molar-refractivity contribution in [3.8, 4) is 22.9 Å². The Bertz CT molecular complexity index is 1150. The molecule has 2 unspecified atom stereocenters. The maximum absolute atomic E-state index is 13.0. The van der Waals surface area contributed by atoms with E-state index in [4.69, 9.17) is 21.1 Å². The number of alkyl carbamates (subject to hydrolysis) is 1. The zero-order valence-electron chi connectivity index (χ0n) is 17.6. The first kappa shape index (κ1) is 24.4. The van der Waals surface area contributed by atoms with E-state index in [9.17, 15) is 19.6 Å². The molecule has 1 aromatic carbocycles. The Morgan fingerprint density at radius 1 is 1.31 bits per heavy atom. The lowest BCUT2D eigenvalue weighted by Gasteiger charge is -2.24. The molecule has 2 atom stereocenters. The van der Waals surface area contributed by atoms with Crippen LogP contribution in [0.3, 0.4) is 0 Å². The Labute approximate surface area is 190 Å². The van der Waals surface area contributed by atoms with Gasteiger partial charge in [-0.3, -0.25) is 19.5 Å². The van der Waals surface area contributed by atoms with Crippen molar-refractivity contribution in [2.24, 2.45) is 5.92 Å². The summed E-state index contributed by atoms with van der Waals surface area (Å²) in [6.45, 7) is 8.70. The average Bonchev–Trinajstić information content (AvgIpc) is 2.78. The summed E-state index contributed by atoms with van der Waals surface area (Å²) >= 11 is 6.08. The molecule has 1 aromatic heterocycles. The Morgan fingerprint density at radius 3 is 2.62 bits per heavy atom. The zero-order chi connectivity index (χ0) is 23.8. The van der Waals surface area contributed by atoms with E-state index < -0.39 is 29.5 Å². The minimum atomic E-state index is -1.12. The molecule has 9 heteroatoms. The third kappa shape index (κ3) is 5.45. The number of nitrogens with zero attached hydrogens (tertiary/aromatic N) is 2. The van der Waals surface area contributed by atoms with Crippen LogP contribution in [0.2, 0.25) is 5.02 Å². The molecule has 0 bridgehead atoms. The number of hydrogen-bond donors (Lipinski definition) is 1. The number of nitriles is 1. The summed E-state index contributed by atoms with van der Waals surface area (Å²) in [7, 11) is 1.39. The van der Waals surface area contributed by atoms with E-state index in [1.807, 2.05) is 0 Å². The van der Waals surface area contributed by atoms with E-state index in [0.29, 0.717) is 21.7 Å². The van der Waals surface area contributed by atoms with E-state index in [1.54, 1.807) is 19.1 Å². The number of imide groups is 1. The first-order chi connectivity index (χ1) is 15.3. The second-order valence-electron chi connectivity index (χ2n) is 6.72. The number of pyridine rings is 1. The molecule has 0 aliphatic heterocycles. The largest absolute Gasteiger partial charge is 0.495 e. The summed E-state index contributed by atoms with van der Waals surface area (Å²) in [5.74, 6) is -1.06. The molecule has 2 aromatic rings. The highest BCUT2D eigenvalue weighted by Crippen LogP contribution is 2.34. The Balaban J connectivity index is 2.59. The van der Waals surface area contributed by atoms with Gasteiger partial charge in [-0.15, -0.1) is 6.58 Å². The average molecular weight is 456 g/mol. The van der Waals surface area contributed by atoms with Crippen LogP contribution in [0, 0.1) is 17.2 Å². The van der Waals surface area contributed by atoms with Crippen molar-refractivity contribution in [3.63, 3.8) is 0 Å². The molecule has 2 rings (SSSR count). The molecule has 8 nitrogen and oxygen atoms in total. The summed E-state index contributed by atoms with van der Waals surface area (Å²) < 4.78 is 11.4. The molecule has 0 radical (unpaired) electrons. The number of hydrogen-bond acceptors (Lipinski definition) is 6. The normalized spacial score (nSPS) is 12.1. The first-order valence-electron chi connectivity index (χ1n) is 9.48. The fourth-order valence-electron chi connectivity index (χ4n) is 3.05. The predicted molar refractivity (Wildman–Crippen MR) is 121 cm³/mol. The fraction of sp³-hybridized carbons (Fsp3) is 0.217. The number of benzene rings is 1. The molecule has 0 saturated heterocycles. The van der Waals surface area contributed by atoms with Gasteiger partial charge < -0.3 is 9.47 Å². The number of aromatic nitrogens is 1. The summed E-state index contributed by atoms with van der Waals surface area (Å²) in [5, 5.41) is 11.9. The Kier molecular flexibility index (Phi) is 8.38. The van der Waals surface area contributed by atoms with Gasteiger partial charge in [0.05, 0.1) is 24.9 Å². The Hall–Kier alpha value is -3.83.